The van der Waals surface area contributed by atoms with Gasteiger partial charge in [0.05, 0.1) is 10.9 Å². The van der Waals surface area contributed by atoms with Gasteiger partial charge in [0.15, 0.2) is 5.76 Å². The number of carbonyl (C=O) groups excluding carboxylic acids is 1. The van der Waals surface area contributed by atoms with Gasteiger partial charge in [0.25, 0.3) is 5.56 Å². The Hall–Kier alpha value is -3.48. The van der Waals surface area contributed by atoms with Gasteiger partial charge >= 0.3 is 5.91 Å². The van der Waals surface area contributed by atoms with Crippen LogP contribution in [0.4, 0.5) is 4.39 Å². The summed E-state index contributed by atoms with van der Waals surface area (Å²) in [7, 11) is 0. The lowest BCUT2D eigenvalue weighted by Crippen LogP contribution is -2.33. The molecule has 0 aliphatic heterocycles. The van der Waals surface area contributed by atoms with Gasteiger partial charge in [-0.05, 0) is 37.3 Å². The summed E-state index contributed by atoms with van der Waals surface area (Å²) in [5, 5.41) is 0.892. The van der Waals surface area contributed by atoms with E-state index in [9.17, 15) is 14.0 Å². The molecule has 4 aromatic rings. The molecule has 124 valence electrons. The summed E-state index contributed by atoms with van der Waals surface area (Å²) in [6.45, 7) is 1.65. The number of benzene rings is 2. The average molecular weight is 337 g/mol. The predicted molar refractivity (Wildman–Crippen MR) is 90.6 cm³/mol. The average Bonchev–Trinajstić information content (AvgIpc) is 2.94. The minimum absolute atomic E-state index is 0.0145. The van der Waals surface area contributed by atoms with Crippen molar-refractivity contribution in [3.8, 4) is 0 Å². The molecule has 0 saturated carbocycles. The van der Waals surface area contributed by atoms with Gasteiger partial charge in [-0.15, -0.1) is 0 Å². The monoisotopic (exact) mass is 337 g/mol. The molecule has 0 fully saturated rings. The largest absolute Gasteiger partial charge is 0.451 e. The molecule has 0 saturated heterocycles. The number of rotatable bonds is 2. The fourth-order valence-corrected chi connectivity index (χ4v) is 2.72. The topological polar surface area (TPSA) is 77.1 Å². The van der Waals surface area contributed by atoms with Crippen LogP contribution in [0.3, 0.4) is 0 Å². The summed E-state index contributed by atoms with van der Waals surface area (Å²) >= 11 is 0. The highest BCUT2D eigenvalue weighted by atomic mass is 19.1. The molecule has 0 spiro atoms. The number of amides is 1. The van der Waals surface area contributed by atoms with Crippen LogP contribution in [-0.2, 0) is 0 Å². The number of nitrogens with zero attached hydrogens (tertiary/aromatic N) is 2. The van der Waals surface area contributed by atoms with Gasteiger partial charge in [-0.2, -0.15) is 0 Å². The van der Waals surface area contributed by atoms with Gasteiger partial charge in [-0.25, -0.2) is 14.1 Å². The number of hydrogen-bond acceptors (Lipinski definition) is 4. The molecule has 4 rings (SSSR count). The Balaban J connectivity index is 1.74. The lowest BCUT2D eigenvalue weighted by atomic mass is 10.1. The maximum atomic E-state index is 13.4. The first-order valence-electron chi connectivity index (χ1n) is 7.51. The molecule has 0 aliphatic carbocycles. The maximum Gasteiger partial charge on any atom is 0.306 e. The molecule has 25 heavy (non-hydrogen) atoms. The molecule has 0 bridgehead atoms. The normalized spacial score (nSPS) is 11.1. The van der Waals surface area contributed by atoms with Gasteiger partial charge in [0, 0.05) is 10.9 Å². The highest BCUT2D eigenvalue weighted by molar-refractivity contribution is 6.03. The molecule has 7 heteroatoms. The number of aromatic nitrogens is 2. The van der Waals surface area contributed by atoms with Gasteiger partial charge < -0.3 is 4.42 Å². The van der Waals surface area contributed by atoms with Gasteiger partial charge in [-0.3, -0.25) is 15.0 Å². The van der Waals surface area contributed by atoms with Crippen molar-refractivity contribution in [2.75, 3.05) is 5.43 Å². The van der Waals surface area contributed by atoms with Crippen LogP contribution >= 0.6 is 0 Å². The van der Waals surface area contributed by atoms with E-state index >= 15 is 0 Å². The summed E-state index contributed by atoms with van der Waals surface area (Å²) in [5.41, 5.74) is 3.47. The lowest BCUT2D eigenvalue weighted by Gasteiger charge is -2.07. The second-order valence-corrected chi connectivity index (χ2v) is 5.57. The van der Waals surface area contributed by atoms with E-state index in [1.54, 1.807) is 31.2 Å². The molecule has 6 nitrogen and oxygen atoms in total. The highest BCUT2D eigenvalue weighted by Gasteiger charge is 2.19. The summed E-state index contributed by atoms with van der Waals surface area (Å²) in [5.74, 6) is -1.02. The van der Waals surface area contributed by atoms with Crippen LogP contribution < -0.4 is 11.0 Å². The molecular weight excluding hydrogens is 325 g/mol. The third-order valence-corrected chi connectivity index (χ3v) is 3.99. The van der Waals surface area contributed by atoms with Crippen molar-refractivity contribution < 1.29 is 13.6 Å². The Kier molecular flexibility index (Phi) is 3.35. The molecule has 0 aliphatic rings. The summed E-state index contributed by atoms with van der Waals surface area (Å²) in [6.07, 6.45) is 1.24. The fraction of sp³-hybridized carbons (Fsp3) is 0.0556. The van der Waals surface area contributed by atoms with Crippen molar-refractivity contribution in [1.82, 2.24) is 9.66 Å². The fourth-order valence-electron chi connectivity index (χ4n) is 2.72. The Morgan fingerprint density at radius 1 is 1.20 bits per heavy atom. The lowest BCUT2D eigenvalue weighted by molar-refractivity contribution is 0.0982. The molecule has 0 radical (unpaired) electrons. The second-order valence-electron chi connectivity index (χ2n) is 5.57. The Morgan fingerprint density at radius 2 is 2.00 bits per heavy atom. The number of aryl methyl sites for hydroxylation is 1. The number of furan rings is 1. The number of para-hydroxylation sites is 1. The maximum absolute atomic E-state index is 13.4. The minimum Gasteiger partial charge on any atom is -0.451 e. The number of nitrogens with one attached hydrogen (secondary N) is 1. The van der Waals surface area contributed by atoms with E-state index in [1.165, 1.54) is 24.5 Å². The molecule has 2 aromatic carbocycles. The second kappa shape index (κ2) is 5.55. The van der Waals surface area contributed by atoms with Gasteiger partial charge in [0.2, 0.25) is 0 Å². The first-order chi connectivity index (χ1) is 12.0. The number of halogens is 1. The molecule has 0 atom stereocenters. The highest BCUT2D eigenvalue weighted by Crippen LogP contribution is 2.26. The number of hydrogen-bond donors (Lipinski definition) is 1. The number of fused-ring (bicyclic) bond motifs is 2. The minimum atomic E-state index is -0.617. The number of carbonyl (C=O) groups is 1. The van der Waals surface area contributed by atoms with Crippen LogP contribution in [0.15, 0.2) is 58.0 Å². The SMILES string of the molecule is Cc1c(C(=O)Nn2cnc3ccccc3c2=O)oc2ccc(F)cc12. The van der Waals surface area contributed by atoms with E-state index in [0.29, 0.717) is 27.4 Å². The first kappa shape index (κ1) is 15.1. The zero-order valence-electron chi connectivity index (χ0n) is 13.1. The van der Waals surface area contributed by atoms with Crippen molar-refractivity contribution >= 4 is 27.8 Å². The van der Waals surface area contributed by atoms with E-state index in [4.69, 9.17) is 4.42 Å². The van der Waals surface area contributed by atoms with E-state index in [2.05, 4.69) is 10.4 Å². The van der Waals surface area contributed by atoms with E-state index < -0.39 is 17.3 Å². The van der Waals surface area contributed by atoms with Crippen molar-refractivity contribution in [3.05, 3.63) is 76.3 Å². The molecule has 2 heterocycles. The van der Waals surface area contributed by atoms with Gasteiger partial charge in [-0.1, -0.05) is 12.1 Å². The summed E-state index contributed by atoms with van der Waals surface area (Å²) < 4.78 is 19.9. The third-order valence-electron chi connectivity index (χ3n) is 3.99. The third kappa shape index (κ3) is 2.46. The predicted octanol–water partition coefficient (Wildman–Crippen LogP) is 2.97. The summed E-state index contributed by atoms with van der Waals surface area (Å²) in [4.78, 5) is 29.1. The van der Waals surface area contributed by atoms with Crippen LogP contribution in [-0.4, -0.2) is 15.6 Å². The van der Waals surface area contributed by atoms with E-state index in [1.807, 2.05) is 0 Å². The van der Waals surface area contributed by atoms with Crippen molar-refractivity contribution in [2.45, 2.75) is 6.92 Å². The van der Waals surface area contributed by atoms with Crippen molar-refractivity contribution in [1.29, 1.82) is 0 Å². The van der Waals surface area contributed by atoms with Crippen molar-refractivity contribution in [2.24, 2.45) is 0 Å². The molecule has 1 amide bonds. The Bertz CT molecular complexity index is 1190. The first-order valence-corrected chi connectivity index (χ1v) is 7.51. The summed E-state index contributed by atoms with van der Waals surface area (Å²) in [6, 6.07) is 10.8. The quantitative estimate of drug-likeness (QED) is 0.610. The Labute approximate surface area is 140 Å². The van der Waals surface area contributed by atoms with Crippen LogP contribution in [0, 0.1) is 12.7 Å². The van der Waals surface area contributed by atoms with Crippen LogP contribution in [0.1, 0.15) is 16.1 Å². The molecule has 0 unspecified atom stereocenters. The molecular formula is C18H12FN3O3. The molecule has 1 N–H and O–H groups in total. The van der Waals surface area contributed by atoms with E-state index in [-0.39, 0.29) is 5.76 Å². The Morgan fingerprint density at radius 3 is 2.84 bits per heavy atom. The van der Waals surface area contributed by atoms with Gasteiger partial charge in [0.1, 0.15) is 17.7 Å². The zero-order chi connectivity index (χ0) is 17.6. The van der Waals surface area contributed by atoms with Crippen LogP contribution in [0.2, 0.25) is 0 Å². The standard InChI is InChI=1S/C18H12FN3O3/c1-10-13-8-11(19)6-7-15(13)25-16(10)17(23)21-22-9-20-14-5-3-2-4-12(14)18(22)24/h2-9H,1H3,(H,21,23). The van der Waals surface area contributed by atoms with Crippen LogP contribution in [0.25, 0.3) is 21.9 Å². The van der Waals surface area contributed by atoms with Crippen molar-refractivity contribution in [3.63, 3.8) is 0 Å². The van der Waals surface area contributed by atoms with E-state index in [0.717, 1.165) is 4.68 Å². The molecule has 2 aromatic heterocycles. The smallest absolute Gasteiger partial charge is 0.306 e. The van der Waals surface area contributed by atoms with Crippen LogP contribution in [0.5, 0.6) is 0 Å². The zero-order valence-corrected chi connectivity index (χ0v) is 13.1.